The summed E-state index contributed by atoms with van der Waals surface area (Å²) in [6, 6.07) is 2.80. The lowest BCUT2D eigenvalue weighted by Crippen LogP contribution is -2.07. The van der Waals surface area contributed by atoms with Crippen LogP contribution in [-0.2, 0) is 6.42 Å². The molecule has 2 nitrogen and oxygen atoms in total. The van der Waals surface area contributed by atoms with Gasteiger partial charge in [0.1, 0.15) is 0 Å². The predicted molar refractivity (Wildman–Crippen MR) is 63.3 cm³/mol. The van der Waals surface area contributed by atoms with E-state index in [1.54, 1.807) is 0 Å². The van der Waals surface area contributed by atoms with Crippen LogP contribution in [0.2, 0.25) is 0 Å². The first kappa shape index (κ1) is 11.0. The van der Waals surface area contributed by atoms with Gasteiger partial charge in [0, 0.05) is 12.1 Å². The van der Waals surface area contributed by atoms with Crippen LogP contribution in [0, 0.1) is 5.92 Å². The Labute approximate surface area is 96.6 Å². The summed E-state index contributed by atoms with van der Waals surface area (Å²) in [6.07, 6.45) is 8.45. The molecule has 1 aliphatic carbocycles. The smallest absolute Gasteiger partial charge is 0.0627 e. The van der Waals surface area contributed by atoms with E-state index in [1.807, 2.05) is 0 Å². The molecule has 1 heterocycles. The first-order valence-electron chi connectivity index (χ1n) is 5.89. The lowest BCUT2D eigenvalue weighted by molar-refractivity contribution is 0.460. The van der Waals surface area contributed by atoms with E-state index in [-0.39, 0.29) is 0 Å². The maximum absolute atomic E-state index is 5.80. The van der Waals surface area contributed by atoms with Gasteiger partial charge >= 0.3 is 0 Å². The van der Waals surface area contributed by atoms with Crippen molar-refractivity contribution in [3.63, 3.8) is 0 Å². The highest BCUT2D eigenvalue weighted by Crippen LogP contribution is 2.28. The SMILES string of the molecule is CC(CCl)Cc1ccn(C2CCCC2)n1. The molecule has 84 valence electrons. The second-order valence-electron chi connectivity index (χ2n) is 4.69. The summed E-state index contributed by atoms with van der Waals surface area (Å²) in [5.41, 5.74) is 1.19. The molecule has 1 fully saturated rings. The monoisotopic (exact) mass is 226 g/mol. The van der Waals surface area contributed by atoms with E-state index in [0.717, 1.165) is 12.3 Å². The molecule has 1 saturated carbocycles. The van der Waals surface area contributed by atoms with Gasteiger partial charge in [-0.05, 0) is 31.2 Å². The Morgan fingerprint density at radius 3 is 2.93 bits per heavy atom. The minimum atomic E-state index is 0.526. The quantitative estimate of drug-likeness (QED) is 0.720. The first-order chi connectivity index (χ1) is 7.29. The highest BCUT2D eigenvalue weighted by atomic mass is 35.5. The summed E-state index contributed by atoms with van der Waals surface area (Å²) < 4.78 is 2.16. The molecule has 1 unspecified atom stereocenters. The fourth-order valence-corrected chi connectivity index (χ4v) is 2.38. The third-order valence-electron chi connectivity index (χ3n) is 3.18. The molecule has 1 aliphatic rings. The number of alkyl halides is 1. The minimum Gasteiger partial charge on any atom is -0.269 e. The van der Waals surface area contributed by atoms with E-state index in [9.17, 15) is 0 Å². The molecule has 15 heavy (non-hydrogen) atoms. The number of hydrogen-bond donors (Lipinski definition) is 0. The average molecular weight is 227 g/mol. The maximum atomic E-state index is 5.80. The normalized spacial score (nSPS) is 19.6. The Morgan fingerprint density at radius 2 is 2.27 bits per heavy atom. The van der Waals surface area contributed by atoms with Gasteiger partial charge in [0.2, 0.25) is 0 Å². The van der Waals surface area contributed by atoms with E-state index in [0.29, 0.717) is 12.0 Å². The van der Waals surface area contributed by atoms with Crippen molar-refractivity contribution in [1.82, 2.24) is 9.78 Å². The number of halogens is 1. The van der Waals surface area contributed by atoms with Crippen LogP contribution < -0.4 is 0 Å². The third-order valence-corrected chi connectivity index (χ3v) is 3.71. The molecule has 0 amide bonds. The molecular formula is C12H19ClN2. The van der Waals surface area contributed by atoms with Crippen molar-refractivity contribution in [1.29, 1.82) is 0 Å². The fourth-order valence-electron chi connectivity index (χ4n) is 2.27. The molecule has 1 atom stereocenters. The lowest BCUT2D eigenvalue weighted by atomic mass is 10.1. The van der Waals surface area contributed by atoms with Crippen LogP contribution in [0.4, 0.5) is 0 Å². The third kappa shape index (κ3) is 2.75. The van der Waals surface area contributed by atoms with Crippen molar-refractivity contribution in [2.24, 2.45) is 5.92 Å². The van der Waals surface area contributed by atoms with Crippen LogP contribution in [0.25, 0.3) is 0 Å². The summed E-state index contributed by atoms with van der Waals surface area (Å²) in [5, 5.41) is 4.64. The van der Waals surface area contributed by atoms with Gasteiger partial charge in [0.15, 0.2) is 0 Å². The summed E-state index contributed by atoms with van der Waals surface area (Å²) >= 11 is 5.80. The number of hydrogen-bond acceptors (Lipinski definition) is 1. The second kappa shape index (κ2) is 5.02. The van der Waals surface area contributed by atoms with Crippen molar-refractivity contribution in [3.8, 4) is 0 Å². The van der Waals surface area contributed by atoms with E-state index in [4.69, 9.17) is 11.6 Å². The minimum absolute atomic E-state index is 0.526. The van der Waals surface area contributed by atoms with Crippen molar-refractivity contribution in [2.45, 2.75) is 45.1 Å². The van der Waals surface area contributed by atoms with Crippen LogP contribution >= 0.6 is 11.6 Å². The molecule has 1 aromatic heterocycles. The second-order valence-corrected chi connectivity index (χ2v) is 5.00. The van der Waals surface area contributed by atoms with E-state index in [2.05, 4.69) is 29.0 Å². The molecule has 2 rings (SSSR count). The fraction of sp³-hybridized carbons (Fsp3) is 0.750. The van der Waals surface area contributed by atoms with Crippen LogP contribution in [0.3, 0.4) is 0 Å². The topological polar surface area (TPSA) is 17.8 Å². The van der Waals surface area contributed by atoms with Crippen LogP contribution in [-0.4, -0.2) is 15.7 Å². The molecule has 0 spiro atoms. The molecule has 0 radical (unpaired) electrons. The predicted octanol–water partition coefficient (Wildman–Crippen LogP) is 3.42. The molecule has 1 aromatic rings. The van der Waals surface area contributed by atoms with Crippen LogP contribution in [0.1, 0.15) is 44.3 Å². The van der Waals surface area contributed by atoms with E-state index in [1.165, 1.54) is 31.4 Å². The number of nitrogens with zero attached hydrogens (tertiary/aromatic N) is 2. The van der Waals surface area contributed by atoms with Crippen molar-refractivity contribution >= 4 is 11.6 Å². The Hall–Kier alpha value is -0.500. The Bertz CT molecular complexity index is 302. The highest BCUT2D eigenvalue weighted by Gasteiger charge is 2.17. The summed E-state index contributed by atoms with van der Waals surface area (Å²) in [6.45, 7) is 2.17. The zero-order valence-electron chi connectivity index (χ0n) is 9.32. The molecular weight excluding hydrogens is 208 g/mol. The summed E-state index contributed by atoms with van der Waals surface area (Å²) in [7, 11) is 0. The molecule has 0 aromatic carbocycles. The Balaban J connectivity index is 1.97. The molecule has 0 N–H and O–H groups in total. The standard InChI is InChI=1S/C12H19ClN2/c1-10(9-13)8-11-6-7-15(14-11)12-4-2-3-5-12/h6-7,10,12H,2-5,8-9H2,1H3. The molecule has 3 heteroatoms. The molecule has 0 saturated heterocycles. The van der Waals surface area contributed by atoms with Gasteiger partial charge in [-0.2, -0.15) is 5.10 Å². The average Bonchev–Trinajstić information content (AvgIpc) is 2.85. The van der Waals surface area contributed by atoms with Crippen LogP contribution in [0.15, 0.2) is 12.3 Å². The molecule has 0 bridgehead atoms. The van der Waals surface area contributed by atoms with Gasteiger partial charge in [-0.1, -0.05) is 19.8 Å². The van der Waals surface area contributed by atoms with Gasteiger partial charge in [0.25, 0.3) is 0 Å². The van der Waals surface area contributed by atoms with Crippen molar-refractivity contribution < 1.29 is 0 Å². The van der Waals surface area contributed by atoms with Gasteiger partial charge in [-0.25, -0.2) is 0 Å². The Morgan fingerprint density at radius 1 is 1.53 bits per heavy atom. The van der Waals surface area contributed by atoms with Gasteiger partial charge in [0.05, 0.1) is 11.7 Å². The summed E-state index contributed by atoms with van der Waals surface area (Å²) in [4.78, 5) is 0. The first-order valence-corrected chi connectivity index (χ1v) is 6.43. The van der Waals surface area contributed by atoms with Crippen molar-refractivity contribution in [3.05, 3.63) is 18.0 Å². The van der Waals surface area contributed by atoms with Crippen molar-refractivity contribution in [2.75, 3.05) is 5.88 Å². The largest absolute Gasteiger partial charge is 0.269 e. The summed E-state index contributed by atoms with van der Waals surface area (Å²) in [5.74, 6) is 1.25. The highest BCUT2D eigenvalue weighted by molar-refractivity contribution is 6.18. The van der Waals surface area contributed by atoms with Gasteiger partial charge in [-0.3, -0.25) is 4.68 Å². The molecule has 0 aliphatic heterocycles. The van der Waals surface area contributed by atoms with Crippen LogP contribution in [0.5, 0.6) is 0 Å². The zero-order chi connectivity index (χ0) is 10.7. The van der Waals surface area contributed by atoms with E-state index >= 15 is 0 Å². The van der Waals surface area contributed by atoms with E-state index < -0.39 is 0 Å². The Kier molecular flexibility index (Phi) is 3.68. The van der Waals surface area contributed by atoms with Gasteiger partial charge in [-0.15, -0.1) is 11.6 Å². The zero-order valence-corrected chi connectivity index (χ0v) is 10.1. The maximum Gasteiger partial charge on any atom is 0.0627 e. The number of rotatable bonds is 4. The van der Waals surface area contributed by atoms with Gasteiger partial charge < -0.3 is 0 Å². The number of aromatic nitrogens is 2. The lowest BCUT2D eigenvalue weighted by Gasteiger charge is -2.09.